The van der Waals surface area contributed by atoms with E-state index in [1.165, 1.54) is 24.2 Å². The molecule has 24 heavy (non-hydrogen) atoms. The van der Waals surface area contributed by atoms with E-state index in [0.717, 1.165) is 42.4 Å². The molecule has 4 heteroatoms. The molecule has 2 aromatic rings. The van der Waals surface area contributed by atoms with Gasteiger partial charge in [0.15, 0.2) is 5.76 Å². The summed E-state index contributed by atoms with van der Waals surface area (Å²) >= 11 is 1.74. The summed E-state index contributed by atoms with van der Waals surface area (Å²) in [5, 5.41) is 7.64. The maximum absolute atomic E-state index is 5.47. The van der Waals surface area contributed by atoms with Crippen LogP contribution in [0, 0.1) is 5.92 Å². The van der Waals surface area contributed by atoms with Crippen molar-refractivity contribution in [3.8, 4) is 11.3 Å². The lowest BCUT2D eigenvalue weighted by molar-refractivity contribution is 0.408. The number of thioether (sulfide) groups is 1. The van der Waals surface area contributed by atoms with Crippen molar-refractivity contribution in [3.63, 3.8) is 0 Å². The molecule has 3 nitrogen and oxygen atoms in total. The van der Waals surface area contributed by atoms with E-state index in [-0.39, 0.29) is 0 Å². The van der Waals surface area contributed by atoms with Crippen LogP contribution in [0.15, 0.2) is 52.4 Å². The molecule has 1 unspecified atom stereocenters. The van der Waals surface area contributed by atoms with E-state index in [9.17, 15) is 0 Å². The third kappa shape index (κ3) is 5.84. The Morgan fingerprint density at radius 2 is 2.08 bits per heavy atom. The van der Waals surface area contributed by atoms with Crippen LogP contribution in [0.2, 0.25) is 0 Å². The van der Waals surface area contributed by atoms with Gasteiger partial charge in [-0.1, -0.05) is 36.7 Å². The fourth-order valence-corrected chi connectivity index (χ4v) is 3.12. The summed E-state index contributed by atoms with van der Waals surface area (Å²) in [5.41, 5.74) is 2.03. The number of allylic oxidation sites excluding steroid dienone is 1. The molecule has 0 amide bonds. The van der Waals surface area contributed by atoms with Gasteiger partial charge in [0.05, 0.1) is 5.69 Å². The van der Waals surface area contributed by atoms with E-state index in [1.54, 1.807) is 11.8 Å². The first-order chi connectivity index (χ1) is 11.8. The van der Waals surface area contributed by atoms with Crippen molar-refractivity contribution in [1.29, 1.82) is 0 Å². The highest BCUT2D eigenvalue weighted by atomic mass is 32.2. The minimum Gasteiger partial charge on any atom is -0.356 e. The Hall–Kier alpha value is -1.52. The fourth-order valence-electron chi connectivity index (χ4n) is 2.72. The largest absolute Gasteiger partial charge is 0.356 e. The standard InChI is InChI=1S/C20H28N2OS/c1-4-6-7-16(5-2)12-13-21-15-18-14-20(23-22-18)17-8-10-19(24-3)11-9-17/h4,8-11,14,16,21H,1,5-7,12-13,15H2,2-3H3. The smallest absolute Gasteiger partial charge is 0.167 e. The fraction of sp³-hybridized carbons (Fsp3) is 0.450. The molecule has 0 aliphatic carbocycles. The highest BCUT2D eigenvalue weighted by Gasteiger charge is 2.08. The van der Waals surface area contributed by atoms with E-state index in [0.29, 0.717) is 0 Å². The SMILES string of the molecule is C=CCCC(CC)CCNCc1cc(-c2ccc(SC)cc2)on1. The molecular weight excluding hydrogens is 316 g/mol. The van der Waals surface area contributed by atoms with E-state index >= 15 is 0 Å². The second kappa shape index (κ2) is 10.4. The third-order valence-corrected chi connectivity index (χ3v) is 5.07. The minimum absolute atomic E-state index is 0.754. The van der Waals surface area contributed by atoms with Gasteiger partial charge in [-0.15, -0.1) is 18.3 Å². The Balaban J connectivity index is 1.78. The van der Waals surface area contributed by atoms with Crippen LogP contribution in [-0.4, -0.2) is 18.0 Å². The predicted molar refractivity (Wildman–Crippen MR) is 103 cm³/mol. The van der Waals surface area contributed by atoms with Crippen molar-refractivity contribution >= 4 is 11.8 Å². The molecule has 1 N–H and O–H groups in total. The summed E-state index contributed by atoms with van der Waals surface area (Å²) < 4.78 is 5.47. The summed E-state index contributed by atoms with van der Waals surface area (Å²) in [4.78, 5) is 1.25. The summed E-state index contributed by atoms with van der Waals surface area (Å²) in [6, 6.07) is 10.4. The van der Waals surface area contributed by atoms with Gasteiger partial charge in [-0.05, 0) is 50.1 Å². The predicted octanol–water partition coefficient (Wildman–Crippen LogP) is 5.54. The average molecular weight is 345 g/mol. The lowest BCUT2D eigenvalue weighted by Crippen LogP contribution is -2.17. The topological polar surface area (TPSA) is 38.1 Å². The zero-order valence-corrected chi connectivity index (χ0v) is 15.6. The molecule has 0 spiro atoms. The lowest BCUT2D eigenvalue weighted by Gasteiger charge is -2.13. The van der Waals surface area contributed by atoms with Crippen molar-refractivity contribution < 1.29 is 4.52 Å². The number of hydrogen-bond donors (Lipinski definition) is 1. The first kappa shape index (κ1) is 18.8. The number of rotatable bonds is 11. The number of aromatic nitrogens is 1. The van der Waals surface area contributed by atoms with Gasteiger partial charge in [0.2, 0.25) is 0 Å². The molecule has 1 atom stereocenters. The first-order valence-electron chi connectivity index (χ1n) is 8.68. The Labute approximate surface area is 149 Å². The first-order valence-corrected chi connectivity index (χ1v) is 9.91. The zero-order chi connectivity index (χ0) is 17.2. The number of benzene rings is 1. The molecule has 1 aromatic heterocycles. The molecule has 0 saturated carbocycles. The van der Waals surface area contributed by atoms with Gasteiger partial charge in [0.1, 0.15) is 0 Å². The quantitative estimate of drug-likeness (QED) is 0.330. The van der Waals surface area contributed by atoms with Gasteiger partial charge < -0.3 is 9.84 Å². The van der Waals surface area contributed by atoms with Crippen LogP contribution < -0.4 is 5.32 Å². The summed E-state index contributed by atoms with van der Waals surface area (Å²) in [5.74, 6) is 1.61. The molecule has 0 bridgehead atoms. The highest BCUT2D eigenvalue weighted by Crippen LogP contribution is 2.23. The summed E-state index contributed by atoms with van der Waals surface area (Å²) in [7, 11) is 0. The monoisotopic (exact) mass is 344 g/mol. The third-order valence-electron chi connectivity index (χ3n) is 4.33. The molecule has 0 aliphatic rings. The summed E-state index contributed by atoms with van der Waals surface area (Å²) in [6.07, 6.45) is 8.87. The molecule has 0 radical (unpaired) electrons. The van der Waals surface area contributed by atoms with Crippen LogP contribution >= 0.6 is 11.8 Å². The van der Waals surface area contributed by atoms with Crippen LogP contribution in [0.5, 0.6) is 0 Å². The van der Waals surface area contributed by atoms with Crippen LogP contribution in [0.3, 0.4) is 0 Å². The van der Waals surface area contributed by atoms with Crippen molar-refractivity contribution in [2.24, 2.45) is 5.92 Å². The molecule has 0 saturated heterocycles. The molecule has 130 valence electrons. The van der Waals surface area contributed by atoms with Gasteiger partial charge in [-0.3, -0.25) is 0 Å². The van der Waals surface area contributed by atoms with Gasteiger partial charge in [-0.25, -0.2) is 0 Å². The van der Waals surface area contributed by atoms with E-state index in [4.69, 9.17) is 4.52 Å². The van der Waals surface area contributed by atoms with Crippen molar-refractivity contribution in [2.75, 3.05) is 12.8 Å². The molecule has 0 aliphatic heterocycles. The maximum atomic E-state index is 5.47. The summed E-state index contributed by atoms with van der Waals surface area (Å²) in [6.45, 7) is 7.84. The van der Waals surface area contributed by atoms with E-state index in [1.807, 2.05) is 12.1 Å². The Bertz CT molecular complexity index is 606. The van der Waals surface area contributed by atoms with Crippen LogP contribution in [0.25, 0.3) is 11.3 Å². The number of nitrogens with zero attached hydrogens (tertiary/aromatic N) is 1. The number of hydrogen-bond acceptors (Lipinski definition) is 4. The zero-order valence-electron chi connectivity index (χ0n) is 14.8. The average Bonchev–Trinajstić information content (AvgIpc) is 3.10. The maximum Gasteiger partial charge on any atom is 0.167 e. The lowest BCUT2D eigenvalue weighted by atomic mass is 9.97. The Morgan fingerprint density at radius 1 is 1.29 bits per heavy atom. The van der Waals surface area contributed by atoms with Crippen molar-refractivity contribution in [3.05, 3.63) is 48.7 Å². The Kier molecular flexibility index (Phi) is 8.13. The van der Waals surface area contributed by atoms with Gasteiger partial charge in [-0.2, -0.15) is 0 Å². The molecule has 1 aromatic carbocycles. The Morgan fingerprint density at radius 3 is 2.75 bits per heavy atom. The van der Waals surface area contributed by atoms with Crippen LogP contribution in [0.4, 0.5) is 0 Å². The highest BCUT2D eigenvalue weighted by molar-refractivity contribution is 7.98. The van der Waals surface area contributed by atoms with Crippen LogP contribution in [-0.2, 0) is 6.54 Å². The molecular formula is C20H28N2OS. The minimum atomic E-state index is 0.754. The van der Waals surface area contributed by atoms with Crippen molar-refractivity contribution in [2.45, 2.75) is 44.0 Å². The van der Waals surface area contributed by atoms with E-state index in [2.05, 4.69) is 54.5 Å². The second-order valence-corrected chi connectivity index (χ2v) is 6.90. The normalized spacial score (nSPS) is 12.2. The van der Waals surface area contributed by atoms with Crippen molar-refractivity contribution in [1.82, 2.24) is 10.5 Å². The van der Waals surface area contributed by atoms with Gasteiger partial charge in [0.25, 0.3) is 0 Å². The molecule has 1 heterocycles. The van der Waals surface area contributed by atoms with Gasteiger partial charge in [0, 0.05) is 23.1 Å². The number of nitrogens with one attached hydrogen (secondary N) is 1. The van der Waals surface area contributed by atoms with Crippen LogP contribution in [0.1, 0.15) is 38.3 Å². The van der Waals surface area contributed by atoms with E-state index < -0.39 is 0 Å². The van der Waals surface area contributed by atoms with Gasteiger partial charge >= 0.3 is 0 Å². The second-order valence-electron chi connectivity index (χ2n) is 6.02. The molecule has 0 fully saturated rings. The molecule has 2 rings (SSSR count).